The van der Waals surface area contributed by atoms with Crippen LogP contribution in [0.4, 0.5) is 10.3 Å². The lowest BCUT2D eigenvalue weighted by Gasteiger charge is -2.13. The summed E-state index contributed by atoms with van der Waals surface area (Å²) < 4.78 is 18.8. The highest BCUT2D eigenvalue weighted by atomic mass is 19.1. The predicted octanol–water partition coefficient (Wildman–Crippen LogP) is 2.36. The Morgan fingerprint density at radius 1 is 1.41 bits per heavy atom. The molecular weight excluding hydrogens is 219 g/mol. The first kappa shape index (κ1) is 10.6. The van der Waals surface area contributed by atoms with E-state index in [1.165, 1.54) is 12.1 Å². The van der Waals surface area contributed by atoms with E-state index in [2.05, 4.69) is 4.90 Å². The Hall–Kier alpha value is -1.55. The first-order chi connectivity index (χ1) is 8.26. The predicted molar refractivity (Wildman–Crippen MR) is 65.5 cm³/mol. The third-order valence-electron chi connectivity index (χ3n) is 3.40. The van der Waals surface area contributed by atoms with Crippen LogP contribution in [-0.4, -0.2) is 19.6 Å². The van der Waals surface area contributed by atoms with Crippen molar-refractivity contribution in [2.45, 2.75) is 6.42 Å². The number of anilines is 1. The summed E-state index contributed by atoms with van der Waals surface area (Å²) in [5.74, 6) is 1.13. The number of fused-ring (bicyclic) bond motifs is 1. The summed E-state index contributed by atoms with van der Waals surface area (Å²) in [5, 5.41) is 0.816. The van der Waals surface area contributed by atoms with Gasteiger partial charge in [0.25, 0.3) is 0 Å². The van der Waals surface area contributed by atoms with Gasteiger partial charge in [-0.3, -0.25) is 0 Å². The third-order valence-corrected chi connectivity index (χ3v) is 3.40. The minimum atomic E-state index is -0.230. The molecule has 1 saturated heterocycles. The SMILES string of the molecule is NCC1CCN(c2cc3cc(F)ccc3o2)C1. The third kappa shape index (κ3) is 1.89. The Labute approximate surface area is 99.0 Å². The van der Waals surface area contributed by atoms with Crippen molar-refractivity contribution in [3.8, 4) is 0 Å². The van der Waals surface area contributed by atoms with Gasteiger partial charge in [-0.1, -0.05) is 0 Å². The van der Waals surface area contributed by atoms with Crippen LogP contribution in [0.1, 0.15) is 6.42 Å². The zero-order chi connectivity index (χ0) is 11.8. The van der Waals surface area contributed by atoms with Crippen LogP contribution < -0.4 is 10.6 Å². The van der Waals surface area contributed by atoms with Gasteiger partial charge in [-0.15, -0.1) is 0 Å². The van der Waals surface area contributed by atoms with Crippen molar-refractivity contribution in [2.24, 2.45) is 11.7 Å². The summed E-state index contributed by atoms with van der Waals surface area (Å²) in [7, 11) is 0. The normalized spacial score (nSPS) is 20.4. The van der Waals surface area contributed by atoms with Crippen molar-refractivity contribution < 1.29 is 8.81 Å². The Morgan fingerprint density at radius 3 is 3.06 bits per heavy atom. The molecule has 1 unspecified atom stereocenters. The fourth-order valence-corrected chi connectivity index (χ4v) is 2.38. The molecule has 0 radical (unpaired) electrons. The molecule has 90 valence electrons. The average Bonchev–Trinajstić information content (AvgIpc) is 2.93. The van der Waals surface area contributed by atoms with Crippen LogP contribution in [0, 0.1) is 11.7 Å². The molecule has 1 aliphatic heterocycles. The molecule has 1 atom stereocenters. The molecule has 17 heavy (non-hydrogen) atoms. The average molecular weight is 234 g/mol. The van der Waals surface area contributed by atoms with Crippen molar-refractivity contribution in [2.75, 3.05) is 24.5 Å². The van der Waals surface area contributed by atoms with Gasteiger partial charge < -0.3 is 15.1 Å². The molecule has 0 aliphatic carbocycles. The molecule has 0 spiro atoms. The Bertz CT molecular complexity index is 537. The van der Waals surface area contributed by atoms with Gasteiger partial charge in [0.1, 0.15) is 11.4 Å². The van der Waals surface area contributed by atoms with Gasteiger partial charge in [-0.25, -0.2) is 4.39 Å². The summed E-state index contributed by atoms with van der Waals surface area (Å²) in [6.07, 6.45) is 1.10. The number of rotatable bonds is 2. The molecule has 1 aromatic heterocycles. The zero-order valence-electron chi connectivity index (χ0n) is 9.53. The summed E-state index contributed by atoms with van der Waals surface area (Å²) in [6.45, 7) is 2.61. The first-order valence-electron chi connectivity index (χ1n) is 5.90. The monoisotopic (exact) mass is 234 g/mol. The van der Waals surface area contributed by atoms with Gasteiger partial charge in [-0.2, -0.15) is 0 Å². The Kier molecular flexibility index (Phi) is 2.52. The number of benzene rings is 1. The number of nitrogens with zero attached hydrogens (tertiary/aromatic N) is 1. The van der Waals surface area contributed by atoms with E-state index in [-0.39, 0.29) is 5.82 Å². The zero-order valence-corrected chi connectivity index (χ0v) is 9.53. The molecule has 3 rings (SSSR count). The molecule has 1 fully saturated rings. The van der Waals surface area contributed by atoms with Crippen molar-refractivity contribution >= 4 is 16.9 Å². The fourth-order valence-electron chi connectivity index (χ4n) is 2.38. The van der Waals surface area contributed by atoms with Crippen molar-refractivity contribution in [3.05, 3.63) is 30.1 Å². The van der Waals surface area contributed by atoms with E-state index in [9.17, 15) is 4.39 Å². The smallest absolute Gasteiger partial charge is 0.196 e. The second kappa shape index (κ2) is 4.04. The van der Waals surface area contributed by atoms with Crippen LogP contribution >= 0.6 is 0 Å². The number of hydrogen-bond donors (Lipinski definition) is 1. The highest BCUT2D eigenvalue weighted by Gasteiger charge is 2.23. The lowest BCUT2D eigenvalue weighted by molar-refractivity contribution is 0.577. The molecule has 0 saturated carbocycles. The quantitative estimate of drug-likeness (QED) is 0.867. The summed E-state index contributed by atoms with van der Waals surface area (Å²) >= 11 is 0. The van der Waals surface area contributed by atoms with Crippen molar-refractivity contribution in [1.29, 1.82) is 0 Å². The molecule has 1 aliphatic rings. The maximum atomic E-state index is 13.1. The molecule has 2 heterocycles. The van der Waals surface area contributed by atoms with Crippen LogP contribution in [-0.2, 0) is 0 Å². The highest BCUT2D eigenvalue weighted by Crippen LogP contribution is 2.30. The van der Waals surface area contributed by atoms with Gasteiger partial charge in [0.2, 0.25) is 0 Å². The van der Waals surface area contributed by atoms with Crippen molar-refractivity contribution in [3.63, 3.8) is 0 Å². The summed E-state index contributed by atoms with van der Waals surface area (Å²) in [6, 6.07) is 6.49. The largest absolute Gasteiger partial charge is 0.441 e. The lowest BCUT2D eigenvalue weighted by atomic mass is 10.1. The number of halogens is 1. The van der Waals surface area contributed by atoms with Gasteiger partial charge in [0.15, 0.2) is 5.88 Å². The molecule has 3 nitrogen and oxygen atoms in total. The van der Waals surface area contributed by atoms with E-state index in [1.54, 1.807) is 6.07 Å². The molecule has 1 aromatic carbocycles. The summed E-state index contributed by atoms with van der Waals surface area (Å²) in [5.41, 5.74) is 6.40. The number of furan rings is 1. The van der Waals surface area contributed by atoms with Gasteiger partial charge >= 0.3 is 0 Å². The van der Waals surface area contributed by atoms with Gasteiger partial charge in [0, 0.05) is 24.5 Å². The highest BCUT2D eigenvalue weighted by molar-refractivity contribution is 5.81. The second-order valence-corrected chi connectivity index (χ2v) is 4.60. The molecule has 4 heteroatoms. The van der Waals surface area contributed by atoms with Crippen LogP contribution in [0.2, 0.25) is 0 Å². The maximum Gasteiger partial charge on any atom is 0.196 e. The summed E-state index contributed by atoms with van der Waals surface area (Å²) in [4.78, 5) is 2.18. The van der Waals surface area contributed by atoms with Crippen molar-refractivity contribution in [1.82, 2.24) is 0 Å². The molecule has 0 amide bonds. The molecule has 2 aromatic rings. The minimum Gasteiger partial charge on any atom is -0.441 e. The number of nitrogens with two attached hydrogens (primary N) is 1. The Balaban J connectivity index is 1.91. The van der Waals surface area contributed by atoms with E-state index in [0.717, 1.165) is 36.4 Å². The first-order valence-corrected chi connectivity index (χ1v) is 5.90. The van der Waals surface area contributed by atoms with Crippen LogP contribution in [0.3, 0.4) is 0 Å². The van der Waals surface area contributed by atoms with E-state index < -0.39 is 0 Å². The topological polar surface area (TPSA) is 42.4 Å². The standard InChI is InChI=1S/C13H15FN2O/c14-11-1-2-12-10(5-11)6-13(17-12)16-4-3-9(7-15)8-16/h1-2,5-6,9H,3-4,7-8,15H2. The van der Waals surface area contributed by atoms with E-state index in [1.807, 2.05) is 6.07 Å². The lowest BCUT2D eigenvalue weighted by Crippen LogP contribution is -2.22. The van der Waals surface area contributed by atoms with Crippen LogP contribution in [0.5, 0.6) is 0 Å². The molecule has 2 N–H and O–H groups in total. The fraction of sp³-hybridized carbons (Fsp3) is 0.385. The molecular formula is C13H15FN2O. The minimum absolute atomic E-state index is 0.230. The van der Waals surface area contributed by atoms with Crippen LogP contribution in [0.25, 0.3) is 11.0 Å². The van der Waals surface area contributed by atoms with E-state index in [0.29, 0.717) is 12.5 Å². The van der Waals surface area contributed by atoms with Crippen LogP contribution in [0.15, 0.2) is 28.7 Å². The molecule has 0 bridgehead atoms. The maximum absolute atomic E-state index is 13.1. The van der Waals surface area contributed by atoms with Gasteiger partial charge in [0.05, 0.1) is 0 Å². The van der Waals surface area contributed by atoms with E-state index in [4.69, 9.17) is 10.2 Å². The Morgan fingerprint density at radius 2 is 2.29 bits per heavy atom. The van der Waals surface area contributed by atoms with Gasteiger partial charge in [-0.05, 0) is 37.1 Å². The number of hydrogen-bond acceptors (Lipinski definition) is 3. The van der Waals surface area contributed by atoms with E-state index >= 15 is 0 Å². The second-order valence-electron chi connectivity index (χ2n) is 4.60.